The van der Waals surface area contributed by atoms with Crippen LogP contribution in [-0.4, -0.2) is 50.4 Å². The minimum Gasteiger partial charge on any atom is -0.328 e. The number of hydrogen-bond acceptors (Lipinski definition) is 2. The molecule has 0 saturated carbocycles. The molecule has 5 heteroatoms. The van der Waals surface area contributed by atoms with Gasteiger partial charge in [-0.15, -0.1) is 0 Å². The summed E-state index contributed by atoms with van der Waals surface area (Å²) < 4.78 is 31.9. The molecule has 0 heterocycles. The van der Waals surface area contributed by atoms with Crippen LogP contribution in [0.4, 0.5) is 0 Å². The van der Waals surface area contributed by atoms with Crippen LogP contribution in [0.2, 0.25) is 0 Å². The van der Waals surface area contributed by atoms with E-state index in [1.54, 1.807) is 0 Å². The van der Waals surface area contributed by atoms with Crippen molar-refractivity contribution in [3.8, 4) is 0 Å². The van der Waals surface area contributed by atoms with Gasteiger partial charge in [0, 0.05) is 6.42 Å². The molecule has 0 aliphatic rings. The van der Waals surface area contributed by atoms with Gasteiger partial charge >= 0.3 is 0 Å². The summed E-state index contributed by atoms with van der Waals surface area (Å²) in [5.74, 6) is -0.131. The lowest BCUT2D eigenvalue weighted by Crippen LogP contribution is -2.48. The van der Waals surface area contributed by atoms with Crippen LogP contribution in [0.15, 0.2) is 0 Å². The summed E-state index contributed by atoms with van der Waals surface area (Å²) in [6.07, 6.45) is 15.1. The van der Waals surface area contributed by atoms with Gasteiger partial charge in [-0.1, -0.05) is 71.1 Å². The van der Waals surface area contributed by atoms with Crippen molar-refractivity contribution in [2.75, 3.05) is 26.9 Å². The van der Waals surface area contributed by atoms with E-state index in [1.165, 1.54) is 57.8 Å². The maximum atomic E-state index is 11.1. The molecule has 0 amide bonds. The molecule has 0 saturated heterocycles. The first-order valence-electron chi connectivity index (χ1n) is 9.43. The van der Waals surface area contributed by atoms with Crippen LogP contribution < -0.4 is 0 Å². The fraction of sp³-hybridized carbons (Fsp3) is 1.00. The van der Waals surface area contributed by atoms with Crippen LogP contribution in [0.1, 0.15) is 84.0 Å². The Morgan fingerprint density at radius 3 is 1.52 bits per heavy atom. The molecule has 0 aliphatic carbocycles. The average Bonchev–Trinajstić information content (AvgIpc) is 2.41. The highest BCUT2D eigenvalue weighted by molar-refractivity contribution is 7.85. The maximum Gasteiger partial charge on any atom is 0.270 e. The molecule has 0 aliphatic heterocycles. The highest BCUT2D eigenvalue weighted by atomic mass is 32.2. The Hall–Kier alpha value is -0.130. The molecular weight excluding hydrogens is 310 g/mol. The summed E-state index contributed by atoms with van der Waals surface area (Å²) in [6, 6.07) is -0.0245. The lowest BCUT2D eigenvalue weighted by atomic mass is 10.0. The van der Waals surface area contributed by atoms with Crippen molar-refractivity contribution in [3.05, 3.63) is 0 Å². The third-order valence-corrected chi connectivity index (χ3v) is 5.45. The molecule has 0 aromatic carbocycles. The maximum absolute atomic E-state index is 11.1. The van der Waals surface area contributed by atoms with E-state index in [-0.39, 0.29) is 11.8 Å². The SMILES string of the molecule is CCCCCCCCCCCCCC(CS(=O)(=O)O)[N+](C)(C)C. The number of unbranched alkanes of at least 4 members (excludes halogenated alkanes) is 10. The van der Waals surface area contributed by atoms with Gasteiger partial charge < -0.3 is 4.48 Å². The molecule has 0 aromatic heterocycles. The molecule has 1 N–H and O–H groups in total. The van der Waals surface area contributed by atoms with Gasteiger partial charge in [0.05, 0.1) is 21.1 Å². The van der Waals surface area contributed by atoms with Crippen LogP contribution >= 0.6 is 0 Å². The zero-order valence-corrected chi connectivity index (χ0v) is 16.7. The van der Waals surface area contributed by atoms with E-state index in [0.29, 0.717) is 4.48 Å². The zero-order chi connectivity index (χ0) is 17.8. The van der Waals surface area contributed by atoms with Gasteiger partial charge in [-0.2, -0.15) is 8.42 Å². The Morgan fingerprint density at radius 1 is 0.783 bits per heavy atom. The van der Waals surface area contributed by atoms with E-state index >= 15 is 0 Å². The van der Waals surface area contributed by atoms with E-state index in [2.05, 4.69) is 6.92 Å². The van der Waals surface area contributed by atoms with Gasteiger partial charge in [-0.25, -0.2) is 0 Å². The van der Waals surface area contributed by atoms with Crippen molar-refractivity contribution in [1.82, 2.24) is 0 Å². The molecule has 140 valence electrons. The predicted octanol–water partition coefficient (Wildman–Crippen LogP) is 4.65. The predicted molar refractivity (Wildman–Crippen MR) is 99.3 cm³/mol. The standard InChI is InChI=1S/C18H39NO3S/c1-5-6-7-8-9-10-11-12-13-14-15-16-18(19(2,3)4)17-23(20,21)22/h18H,5-17H2,1-4H3/p+1. The second kappa shape index (κ2) is 12.3. The highest BCUT2D eigenvalue weighted by Gasteiger charge is 2.28. The topological polar surface area (TPSA) is 54.4 Å². The largest absolute Gasteiger partial charge is 0.328 e. The molecule has 0 radical (unpaired) electrons. The Morgan fingerprint density at radius 2 is 1.17 bits per heavy atom. The third-order valence-electron chi connectivity index (χ3n) is 4.64. The van der Waals surface area contributed by atoms with Crippen molar-refractivity contribution in [2.45, 2.75) is 90.0 Å². The molecule has 0 aromatic rings. The van der Waals surface area contributed by atoms with Crippen LogP contribution in [0.5, 0.6) is 0 Å². The summed E-state index contributed by atoms with van der Waals surface area (Å²) in [4.78, 5) is 0. The first-order chi connectivity index (χ1) is 10.7. The first kappa shape index (κ1) is 22.9. The van der Waals surface area contributed by atoms with E-state index < -0.39 is 10.1 Å². The van der Waals surface area contributed by atoms with Crippen molar-refractivity contribution >= 4 is 10.1 Å². The van der Waals surface area contributed by atoms with Crippen molar-refractivity contribution in [2.24, 2.45) is 0 Å². The zero-order valence-electron chi connectivity index (χ0n) is 15.9. The van der Waals surface area contributed by atoms with E-state index in [0.717, 1.165) is 19.3 Å². The number of rotatable bonds is 15. The Kier molecular flexibility index (Phi) is 12.2. The fourth-order valence-corrected chi connectivity index (χ4v) is 4.08. The Balaban J connectivity index is 3.68. The van der Waals surface area contributed by atoms with Gasteiger partial charge in [-0.05, 0) is 6.42 Å². The van der Waals surface area contributed by atoms with Crippen molar-refractivity contribution < 1.29 is 17.5 Å². The molecule has 0 rings (SSSR count). The Bertz CT molecular complexity index is 374. The smallest absolute Gasteiger partial charge is 0.270 e. The van der Waals surface area contributed by atoms with Gasteiger partial charge in [0.1, 0.15) is 11.8 Å². The minimum atomic E-state index is -3.89. The molecular formula is C18H40NO3S+. The van der Waals surface area contributed by atoms with Gasteiger partial charge in [0.25, 0.3) is 10.1 Å². The average molecular weight is 351 g/mol. The monoisotopic (exact) mass is 350 g/mol. The molecule has 1 atom stereocenters. The normalized spacial score (nSPS) is 14.1. The molecule has 23 heavy (non-hydrogen) atoms. The van der Waals surface area contributed by atoms with Crippen LogP contribution in [0.25, 0.3) is 0 Å². The summed E-state index contributed by atoms with van der Waals surface area (Å²) >= 11 is 0. The summed E-state index contributed by atoms with van der Waals surface area (Å²) in [6.45, 7) is 2.25. The summed E-state index contributed by atoms with van der Waals surface area (Å²) in [5, 5.41) is 0. The third kappa shape index (κ3) is 15.2. The highest BCUT2D eigenvalue weighted by Crippen LogP contribution is 2.16. The van der Waals surface area contributed by atoms with Gasteiger partial charge in [0.2, 0.25) is 0 Å². The van der Waals surface area contributed by atoms with Crippen molar-refractivity contribution in [3.63, 3.8) is 0 Å². The first-order valence-corrected chi connectivity index (χ1v) is 11.0. The number of nitrogens with zero attached hydrogens (tertiary/aromatic N) is 1. The quantitative estimate of drug-likeness (QED) is 0.266. The van der Waals surface area contributed by atoms with E-state index in [1.807, 2.05) is 21.1 Å². The summed E-state index contributed by atoms with van der Waals surface area (Å²) in [7, 11) is 2.10. The second-order valence-electron chi connectivity index (χ2n) is 7.84. The minimum absolute atomic E-state index is 0.0245. The lowest BCUT2D eigenvalue weighted by molar-refractivity contribution is -0.893. The Labute approximate surface area is 145 Å². The molecule has 4 nitrogen and oxygen atoms in total. The van der Waals surface area contributed by atoms with E-state index in [4.69, 9.17) is 4.55 Å². The number of quaternary nitrogens is 1. The lowest BCUT2D eigenvalue weighted by Gasteiger charge is -2.33. The van der Waals surface area contributed by atoms with Crippen LogP contribution in [0.3, 0.4) is 0 Å². The number of hydrogen-bond donors (Lipinski definition) is 1. The fourth-order valence-electron chi connectivity index (χ4n) is 2.98. The molecule has 1 unspecified atom stereocenters. The van der Waals surface area contributed by atoms with Gasteiger partial charge in [-0.3, -0.25) is 4.55 Å². The van der Waals surface area contributed by atoms with Crippen LogP contribution in [-0.2, 0) is 10.1 Å². The van der Waals surface area contributed by atoms with E-state index in [9.17, 15) is 8.42 Å². The van der Waals surface area contributed by atoms with Crippen molar-refractivity contribution in [1.29, 1.82) is 0 Å². The summed E-state index contributed by atoms with van der Waals surface area (Å²) in [5.41, 5.74) is 0. The molecule has 0 bridgehead atoms. The van der Waals surface area contributed by atoms with Crippen LogP contribution in [0, 0.1) is 0 Å². The molecule has 0 spiro atoms. The molecule has 0 fully saturated rings. The van der Waals surface area contributed by atoms with Gasteiger partial charge in [0.15, 0.2) is 0 Å². The second-order valence-corrected chi connectivity index (χ2v) is 9.34.